The lowest BCUT2D eigenvalue weighted by atomic mass is 10.0. The SMILES string of the molecule is COCCS(=O)(=O)N1CCN(CCCCCCCCN2C(=S)N(c3ccc(C#N)c(C(F)(F)F)c3)C(=O)C2(C)C)CC1. The highest BCUT2D eigenvalue weighted by Gasteiger charge is 2.49. The van der Waals surface area contributed by atoms with Crippen molar-refractivity contribution in [2.24, 2.45) is 0 Å². The predicted molar refractivity (Wildman–Crippen MR) is 158 cm³/mol. The maximum atomic E-state index is 13.5. The summed E-state index contributed by atoms with van der Waals surface area (Å²) >= 11 is 5.55. The molecule has 234 valence electrons. The Hall–Kier alpha value is -2.31. The van der Waals surface area contributed by atoms with Crippen molar-refractivity contribution in [3.05, 3.63) is 29.3 Å². The third-order valence-electron chi connectivity index (χ3n) is 7.89. The number of sulfonamides is 1. The van der Waals surface area contributed by atoms with E-state index in [0.29, 0.717) is 19.6 Å². The van der Waals surface area contributed by atoms with E-state index in [-0.39, 0.29) is 23.2 Å². The number of halogens is 3. The summed E-state index contributed by atoms with van der Waals surface area (Å²) < 4.78 is 71.5. The van der Waals surface area contributed by atoms with Crippen LogP contribution in [0.1, 0.15) is 63.5 Å². The Morgan fingerprint density at radius 1 is 1.02 bits per heavy atom. The number of thiocarbonyl (C=S) groups is 1. The minimum absolute atomic E-state index is 0.000955. The second kappa shape index (κ2) is 14.4. The van der Waals surface area contributed by atoms with Gasteiger partial charge in [-0.25, -0.2) is 8.42 Å². The van der Waals surface area contributed by atoms with Gasteiger partial charge in [-0.15, -0.1) is 0 Å². The highest BCUT2D eigenvalue weighted by molar-refractivity contribution is 7.89. The van der Waals surface area contributed by atoms with Crippen LogP contribution in [-0.2, 0) is 25.7 Å². The van der Waals surface area contributed by atoms with Gasteiger partial charge in [0.25, 0.3) is 5.91 Å². The molecular weight excluding hydrogens is 591 g/mol. The average molecular weight is 632 g/mol. The fraction of sp³-hybridized carbons (Fsp3) is 0.679. The van der Waals surface area contributed by atoms with Gasteiger partial charge in [0.05, 0.1) is 35.2 Å². The largest absolute Gasteiger partial charge is 0.417 e. The average Bonchev–Trinajstić information content (AvgIpc) is 3.11. The number of nitriles is 1. The van der Waals surface area contributed by atoms with Crippen LogP contribution in [-0.4, -0.2) is 97.8 Å². The number of methoxy groups -OCH3 is 1. The minimum atomic E-state index is -4.73. The van der Waals surface area contributed by atoms with Crippen molar-refractivity contribution in [2.45, 2.75) is 64.1 Å². The van der Waals surface area contributed by atoms with Gasteiger partial charge in [-0.1, -0.05) is 25.7 Å². The first-order valence-corrected chi connectivity index (χ1v) is 16.2. The molecule has 42 heavy (non-hydrogen) atoms. The van der Waals surface area contributed by atoms with E-state index in [1.807, 2.05) is 0 Å². The molecule has 1 aromatic carbocycles. The van der Waals surface area contributed by atoms with Crippen LogP contribution in [0.15, 0.2) is 18.2 Å². The number of unbranched alkanes of at least 4 members (excludes halogenated alkanes) is 5. The number of alkyl halides is 3. The summed E-state index contributed by atoms with van der Waals surface area (Å²) in [6.07, 6.45) is 1.13. The number of hydrogen-bond acceptors (Lipinski definition) is 7. The van der Waals surface area contributed by atoms with E-state index in [9.17, 15) is 26.4 Å². The number of carbonyl (C=O) groups excluding carboxylic acids is 1. The Bertz CT molecular complexity index is 1260. The maximum Gasteiger partial charge on any atom is 0.417 e. The topological polar surface area (TPSA) is 97.2 Å². The summed E-state index contributed by atoms with van der Waals surface area (Å²) in [6, 6.07) is 4.76. The van der Waals surface area contributed by atoms with Crippen molar-refractivity contribution in [3.63, 3.8) is 0 Å². The van der Waals surface area contributed by atoms with Crippen LogP contribution < -0.4 is 4.90 Å². The Balaban J connectivity index is 1.40. The zero-order valence-corrected chi connectivity index (χ0v) is 26.1. The van der Waals surface area contributed by atoms with Gasteiger partial charge in [0, 0.05) is 39.8 Å². The lowest BCUT2D eigenvalue weighted by Gasteiger charge is -2.34. The number of carbonyl (C=O) groups is 1. The van der Waals surface area contributed by atoms with Gasteiger partial charge in [-0.05, 0) is 63.7 Å². The van der Waals surface area contributed by atoms with Gasteiger partial charge in [0.1, 0.15) is 5.54 Å². The molecule has 0 aliphatic carbocycles. The molecule has 0 aromatic heterocycles. The first-order chi connectivity index (χ1) is 19.7. The first kappa shape index (κ1) is 34.2. The van der Waals surface area contributed by atoms with Gasteiger partial charge >= 0.3 is 6.18 Å². The number of amides is 1. The molecule has 2 aliphatic rings. The summed E-state index contributed by atoms with van der Waals surface area (Å²) in [6.45, 7) is 7.55. The molecule has 9 nitrogen and oxygen atoms in total. The quantitative estimate of drug-likeness (QED) is 0.223. The summed E-state index contributed by atoms with van der Waals surface area (Å²) in [5.41, 5.74) is -2.61. The van der Waals surface area contributed by atoms with Crippen LogP contribution in [0.25, 0.3) is 0 Å². The van der Waals surface area contributed by atoms with Crippen LogP contribution >= 0.6 is 12.2 Å². The standard InChI is InChI=1S/C28H40F3N5O4S2/c1-27(2)25(37)36(23-11-10-22(21-32)24(20-23)28(29,30)31)26(41)35(27)13-9-7-5-4-6-8-12-33-14-16-34(17-15-33)42(38,39)19-18-40-3/h10-11,20H,4-9,12-19H2,1-3H3. The molecule has 2 heterocycles. The molecule has 0 radical (unpaired) electrons. The summed E-state index contributed by atoms with van der Waals surface area (Å²) in [5.74, 6) is -0.391. The molecule has 3 rings (SSSR count). The lowest BCUT2D eigenvalue weighted by Crippen LogP contribution is -2.49. The predicted octanol–water partition coefficient (Wildman–Crippen LogP) is 4.22. The second-order valence-corrected chi connectivity index (χ2v) is 13.6. The zero-order valence-electron chi connectivity index (χ0n) is 24.5. The smallest absolute Gasteiger partial charge is 0.384 e. The molecule has 0 N–H and O–H groups in total. The van der Waals surface area contributed by atoms with E-state index in [0.717, 1.165) is 75.2 Å². The van der Waals surface area contributed by atoms with Gasteiger partial charge in [-0.3, -0.25) is 9.69 Å². The molecule has 0 spiro atoms. The normalized spacial score (nSPS) is 18.6. The Morgan fingerprint density at radius 2 is 1.62 bits per heavy atom. The number of hydrogen-bond donors (Lipinski definition) is 0. The van der Waals surface area contributed by atoms with Crippen molar-refractivity contribution in [3.8, 4) is 6.07 Å². The van der Waals surface area contributed by atoms with E-state index < -0.39 is 38.8 Å². The van der Waals surface area contributed by atoms with Crippen molar-refractivity contribution >= 4 is 38.9 Å². The zero-order chi connectivity index (χ0) is 31.1. The highest BCUT2D eigenvalue weighted by atomic mass is 32.2. The van der Waals surface area contributed by atoms with Crippen molar-refractivity contribution < 1.29 is 31.1 Å². The van der Waals surface area contributed by atoms with Gasteiger partial charge in [-0.2, -0.15) is 22.7 Å². The van der Waals surface area contributed by atoms with Crippen molar-refractivity contribution in [1.82, 2.24) is 14.1 Å². The molecule has 1 aromatic rings. The number of ether oxygens (including phenoxy) is 1. The van der Waals surface area contributed by atoms with E-state index in [2.05, 4.69) is 4.90 Å². The maximum absolute atomic E-state index is 13.5. The van der Waals surface area contributed by atoms with Crippen LogP contribution in [0.5, 0.6) is 0 Å². The second-order valence-electron chi connectivity index (χ2n) is 11.1. The Kier molecular flexibility index (Phi) is 11.8. The van der Waals surface area contributed by atoms with E-state index in [1.54, 1.807) is 29.1 Å². The molecule has 0 unspecified atom stereocenters. The monoisotopic (exact) mass is 631 g/mol. The van der Waals surface area contributed by atoms with E-state index in [1.165, 1.54) is 13.2 Å². The number of anilines is 1. The van der Waals surface area contributed by atoms with Crippen LogP contribution in [0, 0.1) is 11.3 Å². The molecule has 2 aliphatic heterocycles. The van der Waals surface area contributed by atoms with Crippen LogP contribution in [0.4, 0.5) is 18.9 Å². The summed E-state index contributed by atoms with van der Waals surface area (Å²) in [5, 5.41) is 9.24. The van der Waals surface area contributed by atoms with E-state index >= 15 is 0 Å². The molecule has 1 amide bonds. The molecule has 0 atom stereocenters. The fourth-order valence-corrected chi connectivity index (χ4v) is 7.17. The summed E-state index contributed by atoms with van der Waals surface area (Å²) in [4.78, 5) is 18.4. The van der Waals surface area contributed by atoms with E-state index in [4.69, 9.17) is 22.2 Å². The number of rotatable bonds is 14. The molecular formula is C28H40F3N5O4S2. The number of benzene rings is 1. The minimum Gasteiger partial charge on any atom is -0.384 e. The van der Waals surface area contributed by atoms with Gasteiger partial charge < -0.3 is 14.5 Å². The van der Waals surface area contributed by atoms with Gasteiger partial charge in [0.15, 0.2) is 5.11 Å². The number of nitrogens with zero attached hydrogens (tertiary/aromatic N) is 5. The highest BCUT2D eigenvalue weighted by Crippen LogP contribution is 2.38. The molecule has 2 saturated heterocycles. The molecule has 0 saturated carbocycles. The van der Waals surface area contributed by atoms with Gasteiger partial charge in [0.2, 0.25) is 10.0 Å². The van der Waals surface area contributed by atoms with Crippen molar-refractivity contribution in [2.75, 3.05) is 63.6 Å². The Labute approximate surface area is 252 Å². The summed E-state index contributed by atoms with van der Waals surface area (Å²) in [7, 11) is -1.76. The first-order valence-electron chi connectivity index (χ1n) is 14.2. The molecule has 2 fully saturated rings. The molecule has 0 bridgehead atoms. The molecule has 14 heteroatoms. The Morgan fingerprint density at radius 3 is 2.19 bits per heavy atom. The van der Waals surface area contributed by atoms with Crippen LogP contribution in [0.3, 0.4) is 0 Å². The fourth-order valence-electron chi connectivity index (χ4n) is 5.30. The third kappa shape index (κ3) is 8.19. The van der Waals surface area contributed by atoms with Crippen LogP contribution in [0.2, 0.25) is 0 Å². The lowest BCUT2D eigenvalue weighted by molar-refractivity contribution is -0.137. The third-order valence-corrected chi connectivity index (χ3v) is 10.1. The van der Waals surface area contributed by atoms with Crippen molar-refractivity contribution in [1.29, 1.82) is 5.26 Å². The number of piperazine rings is 1.